The molecule has 0 aliphatic heterocycles. The van der Waals surface area contributed by atoms with Crippen LogP contribution in [0.15, 0.2) is 0 Å². The van der Waals surface area contributed by atoms with Crippen molar-refractivity contribution in [3.05, 3.63) is 0 Å². The van der Waals surface area contributed by atoms with E-state index in [0.29, 0.717) is 0 Å². The lowest BCUT2D eigenvalue weighted by molar-refractivity contribution is 0.308. The first kappa shape index (κ1) is 41.0. The maximum Gasteiger partial charge on any atom is -0.00214 e. The van der Waals surface area contributed by atoms with Gasteiger partial charge in [-0.3, -0.25) is 0 Å². The predicted molar refractivity (Wildman–Crippen MR) is 162 cm³/mol. The van der Waals surface area contributed by atoms with Gasteiger partial charge in [0, 0.05) is 0 Å². The summed E-state index contributed by atoms with van der Waals surface area (Å²) in [4.78, 5) is 9.47. The van der Waals surface area contributed by atoms with E-state index in [1.54, 1.807) is 0 Å². The van der Waals surface area contributed by atoms with Crippen molar-refractivity contribution in [1.29, 1.82) is 0 Å². The van der Waals surface area contributed by atoms with Crippen LogP contribution in [-0.4, -0.2) is 100 Å². The highest BCUT2D eigenvalue weighted by Gasteiger charge is 1.97. The fraction of sp³-hybridized carbons (Fsp3) is 1.00. The monoisotopic (exact) mass is 489 g/mol. The van der Waals surface area contributed by atoms with Crippen molar-refractivity contribution in [2.45, 2.75) is 120 Å². The Balaban J connectivity index is -0.000000192. The third kappa shape index (κ3) is 45.4. The van der Waals surface area contributed by atoms with E-state index < -0.39 is 0 Å². The van der Waals surface area contributed by atoms with Crippen molar-refractivity contribution in [2.24, 2.45) is 0 Å². The lowest BCUT2D eigenvalue weighted by atomic mass is 10.2. The molecule has 0 rings (SSSR count). The molecule has 0 heterocycles. The van der Waals surface area contributed by atoms with Crippen LogP contribution >= 0.6 is 0 Å². The zero-order valence-corrected chi connectivity index (χ0v) is 26.5. The summed E-state index contributed by atoms with van der Waals surface area (Å²) in [6.45, 7) is 27.3. The molecule has 0 bridgehead atoms. The molecule has 0 aromatic heterocycles. The van der Waals surface area contributed by atoms with Crippen LogP contribution in [0.2, 0.25) is 0 Å². The van der Waals surface area contributed by atoms with Gasteiger partial charge in [-0.05, 0) is 106 Å². The molecule has 0 fully saturated rings. The molecule has 0 N–H and O–H groups in total. The molecule has 0 atom stereocenters. The molecule has 0 amide bonds. The first-order valence-electron chi connectivity index (χ1n) is 15.0. The molecular weight excluding hydrogens is 416 g/mol. The van der Waals surface area contributed by atoms with Crippen LogP contribution in [0, 0.1) is 0 Å². The minimum atomic E-state index is 1.17. The highest BCUT2D eigenvalue weighted by molar-refractivity contribution is 4.53. The minimum Gasteiger partial charge on any atom is -0.307 e. The summed E-state index contributed by atoms with van der Waals surface area (Å²) in [6, 6.07) is 0. The summed E-state index contributed by atoms with van der Waals surface area (Å²) in [7, 11) is 8.74. The van der Waals surface area contributed by atoms with Crippen molar-refractivity contribution >= 4 is 0 Å². The van der Waals surface area contributed by atoms with Gasteiger partial charge in [0.15, 0.2) is 0 Å². The molecule has 0 saturated carbocycles. The third-order valence-electron chi connectivity index (χ3n) is 6.28. The highest BCUT2D eigenvalue weighted by Crippen LogP contribution is 1.96. The summed E-state index contributed by atoms with van der Waals surface area (Å²) in [5.41, 5.74) is 0. The lowest BCUT2D eigenvalue weighted by Crippen LogP contribution is -2.22. The largest absolute Gasteiger partial charge is 0.307 e. The summed E-state index contributed by atoms with van der Waals surface area (Å²) in [6.07, 6.45) is 13.5. The second kappa shape index (κ2) is 37.4. The van der Waals surface area contributed by atoms with Crippen LogP contribution < -0.4 is 0 Å². The smallest absolute Gasteiger partial charge is 0.00214 e. The fourth-order valence-corrected chi connectivity index (χ4v) is 2.66. The van der Waals surface area contributed by atoms with E-state index in [1.165, 1.54) is 117 Å². The summed E-state index contributed by atoms with van der Waals surface area (Å²) in [5.74, 6) is 0. The van der Waals surface area contributed by atoms with Crippen molar-refractivity contribution in [1.82, 2.24) is 19.6 Å². The van der Waals surface area contributed by atoms with Crippen molar-refractivity contribution < 1.29 is 0 Å². The lowest BCUT2D eigenvalue weighted by Gasteiger charge is -2.16. The highest BCUT2D eigenvalue weighted by atomic mass is 15.1. The maximum absolute atomic E-state index is 2.37. The molecule has 0 spiro atoms. The average Bonchev–Trinajstić information content (AvgIpc) is 2.87. The van der Waals surface area contributed by atoms with Gasteiger partial charge in [-0.1, -0.05) is 93.9 Å². The fourth-order valence-electron chi connectivity index (χ4n) is 2.66. The van der Waals surface area contributed by atoms with Crippen LogP contribution in [0.4, 0.5) is 0 Å². The van der Waals surface area contributed by atoms with E-state index in [1.807, 2.05) is 0 Å². The van der Waals surface area contributed by atoms with E-state index in [2.05, 4.69) is 103 Å². The van der Waals surface area contributed by atoms with Gasteiger partial charge in [0.05, 0.1) is 0 Å². The first-order chi connectivity index (χ1) is 16.2. The van der Waals surface area contributed by atoms with Crippen LogP contribution in [0.25, 0.3) is 0 Å². The van der Waals surface area contributed by atoms with Gasteiger partial charge < -0.3 is 19.6 Å². The summed E-state index contributed by atoms with van der Waals surface area (Å²) < 4.78 is 0. The molecule has 212 valence electrons. The maximum atomic E-state index is 2.37. The number of hydrogen-bond donors (Lipinski definition) is 0. The van der Waals surface area contributed by atoms with Crippen LogP contribution in [-0.2, 0) is 0 Å². The number of hydrogen-bond acceptors (Lipinski definition) is 4. The van der Waals surface area contributed by atoms with Crippen molar-refractivity contribution in [3.63, 3.8) is 0 Å². The van der Waals surface area contributed by atoms with Crippen molar-refractivity contribution in [2.75, 3.05) is 80.5 Å². The molecule has 0 aromatic rings. The Kier molecular flexibility index (Phi) is 45.1. The molecule has 4 nitrogen and oxygen atoms in total. The van der Waals surface area contributed by atoms with E-state index in [0.717, 1.165) is 0 Å². The van der Waals surface area contributed by atoms with Gasteiger partial charge in [0.2, 0.25) is 0 Å². The van der Waals surface area contributed by atoms with E-state index in [9.17, 15) is 0 Å². The van der Waals surface area contributed by atoms with Gasteiger partial charge >= 0.3 is 0 Å². The standard InChI is InChI=1S/2C10H24N2.C6H14.C4H10/c2*1-5-11(3)9-7-8-10-12(4)6-2;1-3-5-6-4-2;1-3-4-2/h2*5-10H2,1-4H3;3-6H2,1-2H3;3-4H2,1-2H3. The molecule has 0 unspecified atom stereocenters. The van der Waals surface area contributed by atoms with Gasteiger partial charge in [0.1, 0.15) is 0 Å². The Labute approximate surface area is 219 Å². The zero-order valence-electron chi connectivity index (χ0n) is 26.5. The Morgan fingerprint density at radius 2 is 0.500 bits per heavy atom. The average molecular weight is 489 g/mol. The van der Waals surface area contributed by atoms with Crippen LogP contribution in [0.5, 0.6) is 0 Å². The van der Waals surface area contributed by atoms with Gasteiger partial charge in [-0.25, -0.2) is 0 Å². The zero-order chi connectivity index (χ0) is 27.0. The van der Waals surface area contributed by atoms with Gasteiger partial charge in [0.25, 0.3) is 0 Å². The normalized spacial score (nSPS) is 10.6. The summed E-state index contributed by atoms with van der Waals surface area (Å²) in [5, 5.41) is 0. The summed E-state index contributed by atoms with van der Waals surface area (Å²) >= 11 is 0. The Morgan fingerprint density at radius 1 is 0.294 bits per heavy atom. The Morgan fingerprint density at radius 3 is 0.618 bits per heavy atom. The molecule has 0 aliphatic carbocycles. The van der Waals surface area contributed by atoms with Crippen molar-refractivity contribution in [3.8, 4) is 0 Å². The quantitative estimate of drug-likeness (QED) is 0.183. The molecular formula is C30H72N4. The van der Waals surface area contributed by atoms with E-state index in [-0.39, 0.29) is 0 Å². The molecule has 0 saturated heterocycles. The molecule has 4 heteroatoms. The molecule has 0 aromatic carbocycles. The molecule has 0 radical (unpaired) electrons. The second-order valence-corrected chi connectivity index (χ2v) is 9.70. The predicted octanol–water partition coefficient (Wildman–Crippen LogP) is 7.73. The van der Waals surface area contributed by atoms with E-state index >= 15 is 0 Å². The van der Waals surface area contributed by atoms with Crippen LogP contribution in [0.1, 0.15) is 120 Å². The number of unbranched alkanes of at least 4 members (excludes halogenated alkanes) is 6. The molecule has 0 aliphatic rings. The number of rotatable bonds is 18. The molecule has 34 heavy (non-hydrogen) atoms. The van der Waals surface area contributed by atoms with Gasteiger partial charge in [-0.2, -0.15) is 0 Å². The minimum absolute atomic E-state index is 1.17. The van der Waals surface area contributed by atoms with Crippen LogP contribution in [0.3, 0.4) is 0 Å². The third-order valence-corrected chi connectivity index (χ3v) is 6.28. The van der Waals surface area contributed by atoms with Gasteiger partial charge in [-0.15, -0.1) is 0 Å². The Bertz CT molecular complexity index is 258. The first-order valence-corrected chi connectivity index (χ1v) is 15.0. The Hall–Kier alpha value is -0.160. The second-order valence-electron chi connectivity index (χ2n) is 9.70. The SMILES string of the molecule is CCCC.CCCCCC.CCN(C)CCCCN(C)CC.CCN(C)CCCCN(C)CC. The number of nitrogens with zero attached hydrogens (tertiary/aromatic N) is 4. The van der Waals surface area contributed by atoms with E-state index in [4.69, 9.17) is 0 Å². The topological polar surface area (TPSA) is 13.0 Å².